The molecule has 0 bridgehead atoms. The van der Waals surface area contributed by atoms with E-state index in [1.54, 1.807) is 12.4 Å². The van der Waals surface area contributed by atoms with Crippen molar-refractivity contribution in [2.45, 2.75) is 33.6 Å². The van der Waals surface area contributed by atoms with E-state index in [9.17, 15) is 4.79 Å². The second-order valence-corrected chi connectivity index (χ2v) is 7.37. The molecule has 0 unspecified atom stereocenters. The minimum atomic E-state index is -0.0213. The molecule has 0 atom stereocenters. The van der Waals surface area contributed by atoms with Crippen LogP contribution in [-0.2, 0) is 0 Å². The second kappa shape index (κ2) is 9.53. The number of aromatic nitrogens is 2. The first-order valence-electron chi connectivity index (χ1n) is 10.3. The van der Waals surface area contributed by atoms with Gasteiger partial charge in [-0.1, -0.05) is 26.0 Å². The first kappa shape index (κ1) is 20.1. The Kier molecular flexibility index (Phi) is 6.85. The van der Waals surface area contributed by atoms with E-state index in [0.717, 1.165) is 57.9 Å². The number of aryl methyl sites for hydroxylation is 1. The molecule has 0 N–H and O–H groups in total. The molecule has 0 saturated carbocycles. The number of carbonyl (C=O) groups is 1. The van der Waals surface area contributed by atoms with Gasteiger partial charge in [-0.15, -0.1) is 0 Å². The summed E-state index contributed by atoms with van der Waals surface area (Å²) in [5.41, 5.74) is 2.99. The molecule has 2 aromatic rings. The van der Waals surface area contributed by atoms with Crippen LogP contribution in [0, 0.1) is 6.92 Å². The number of amides is 1. The van der Waals surface area contributed by atoms with Crippen molar-refractivity contribution in [3.05, 3.63) is 47.9 Å². The van der Waals surface area contributed by atoms with Gasteiger partial charge < -0.3 is 14.7 Å². The number of rotatable bonds is 7. The standard InChI is InChI=1S/C22H31N5O/c1-4-9-27(10-5-2)22(28)20-16-24-21(17-23-20)26-13-11-25(12-14-26)19-8-6-7-18(3)15-19/h6-8,15-17H,4-5,9-14H2,1-3H3. The Morgan fingerprint density at radius 2 is 1.68 bits per heavy atom. The van der Waals surface area contributed by atoms with Crippen molar-refractivity contribution < 1.29 is 4.79 Å². The molecule has 1 saturated heterocycles. The van der Waals surface area contributed by atoms with Crippen LogP contribution < -0.4 is 9.80 Å². The summed E-state index contributed by atoms with van der Waals surface area (Å²) in [5.74, 6) is 0.824. The van der Waals surface area contributed by atoms with Gasteiger partial charge in [0.05, 0.1) is 12.4 Å². The number of hydrogen-bond donors (Lipinski definition) is 0. The molecule has 0 spiro atoms. The van der Waals surface area contributed by atoms with Crippen molar-refractivity contribution in [2.24, 2.45) is 0 Å². The fourth-order valence-corrected chi connectivity index (χ4v) is 3.63. The van der Waals surface area contributed by atoms with E-state index in [1.165, 1.54) is 11.3 Å². The van der Waals surface area contributed by atoms with Gasteiger partial charge in [0.15, 0.2) is 0 Å². The highest BCUT2D eigenvalue weighted by Gasteiger charge is 2.20. The average Bonchev–Trinajstić information content (AvgIpc) is 2.73. The molecule has 1 aliphatic heterocycles. The van der Waals surface area contributed by atoms with Gasteiger partial charge in [-0.05, 0) is 37.5 Å². The molecule has 2 heterocycles. The lowest BCUT2D eigenvalue weighted by molar-refractivity contribution is 0.0749. The SMILES string of the molecule is CCCN(CCC)C(=O)c1cnc(N2CCN(c3cccc(C)c3)CC2)cn1. The Hall–Kier alpha value is -2.63. The Morgan fingerprint density at radius 1 is 1.00 bits per heavy atom. The van der Waals surface area contributed by atoms with E-state index >= 15 is 0 Å². The molecule has 1 amide bonds. The number of piperazine rings is 1. The summed E-state index contributed by atoms with van der Waals surface area (Å²) >= 11 is 0. The quantitative estimate of drug-likeness (QED) is 0.736. The lowest BCUT2D eigenvalue weighted by Crippen LogP contribution is -2.47. The molecule has 28 heavy (non-hydrogen) atoms. The predicted molar refractivity (Wildman–Crippen MR) is 114 cm³/mol. The van der Waals surface area contributed by atoms with E-state index in [2.05, 4.69) is 64.8 Å². The van der Waals surface area contributed by atoms with Gasteiger partial charge >= 0.3 is 0 Å². The van der Waals surface area contributed by atoms with Crippen LogP contribution in [0.4, 0.5) is 11.5 Å². The van der Waals surface area contributed by atoms with Crippen LogP contribution in [0.5, 0.6) is 0 Å². The number of hydrogen-bond acceptors (Lipinski definition) is 5. The highest BCUT2D eigenvalue weighted by molar-refractivity contribution is 5.92. The third kappa shape index (κ3) is 4.80. The minimum Gasteiger partial charge on any atom is -0.368 e. The minimum absolute atomic E-state index is 0.0213. The summed E-state index contributed by atoms with van der Waals surface area (Å²) in [5, 5.41) is 0. The van der Waals surface area contributed by atoms with E-state index in [4.69, 9.17) is 0 Å². The van der Waals surface area contributed by atoms with Crippen LogP contribution in [-0.4, -0.2) is 60.0 Å². The smallest absolute Gasteiger partial charge is 0.274 e. The molecule has 6 nitrogen and oxygen atoms in total. The van der Waals surface area contributed by atoms with Crippen molar-refractivity contribution >= 4 is 17.4 Å². The fraction of sp³-hybridized carbons (Fsp3) is 0.500. The van der Waals surface area contributed by atoms with Crippen molar-refractivity contribution in [1.29, 1.82) is 0 Å². The Labute approximate surface area is 168 Å². The third-order valence-electron chi connectivity index (χ3n) is 5.10. The third-order valence-corrected chi connectivity index (χ3v) is 5.10. The molecular formula is C22H31N5O. The molecule has 1 fully saturated rings. The molecule has 0 aliphatic carbocycles. The normalized spacial score (nSPS) is 14.2. The number of anilines is 2. The van der Waals surface area contributed by atoms with Crippen LogP contribution in [0.25, 0.3) is 0 Å². The maximum absolute atomic E-state index is 12.6. The summed E-state index contributed by atoms with van der Waals surface area (Å²) in [4.78, 5) is 28.1. The van der Waals surface area contributed by atoms with Crippen LogP contribution in [0.2, 0.25) is 0 Å². The molecule has 1 aromatic carbocycles. The zero-order chi connectivity index (χ0) is 19.9. The summed E-state index contributed by atoms with van der Waals surface area (Å²) in [6.07, 6.45) is 5.26. The molecule has 1 aromatic heterocycles. The molecule has 6 heteroatoms. The van der Waals surface area contributed by atoms with E-state index < -0.39 is 0 Å². The Bertz CT molecular complexity index is 763. The van der Waals surface area contributed by atoms with E-state index in [1.807, 2.05) is 4.90 Å². The van der Waals surface area contributed by atoms with Crippen LogP contribution >= 0.6 is 0 Å². The maximum Gasteiger partial charge on any atom is 0.274 e. The molecule has 1 aliphatic rings. The molecule has 3 rings (SSSR count). The summed E-state index contributed by atoms with van der Waals surface area (Å²) in [6.45, 7) is 11.5. The van der Waals surface area contributed by atoms with Crippen LogP contribution in [0.3, 0.4) is 0 Å². The van der Waals surface area contributed by atoms with Gasteiger partial charge in [0.2, 0.25) is 0 Å². The first-order valence-corrected chi connectivity index (χ1v) is 10.3. The summed E-state index contributed by atoms with van der Waals surface area (Å²) < 4.78 is 0. The van der Waals surface area contributed by atoms with Gasteiger partial charge in [-0.2, -0.15) is 0 Å². The number of benzene rings is 1. The van der Waals surface area contributed by atoms with Gasteiger partial charge in [-0.3, -0.25) is 4.79 Å². The van der Waals surface area contributed by atoms with Gasteiger partial charge in [0, 0.05) is 45.0 Å². The van der Waals surface area contributed by atoms with Gasteiger partial charge in [-0.25, -0.2) is 9.97 Å². The van der Waals surface area contributed by atoms with Crippen molar-refractivity contribution in [3.63, 3.8) is 0 Å². The van der Waals surface area contributed by atoms with E-state index in [0.29, 0.717) is 5.69 Å². The topological polar surface area (TPSA) is 52.6 Å². The highest BCUT2D eigenvalue weighted by atomic mass is 16.2. The Morgan fingerprint density at radius 3 is 2.25 bits per heavy atom. The zero-order valence-corrected chi connectivity index (χ0v) is 17.3. The summed E-state index contributed by atoms with van der Waals surface area (Å²) in [6, 6.07) is 8.63. The molecular weight excluding hydrogens is 350 g/mol. The highest BCUT2D eigenvalue weighted by Crippen LogP contribution is 2.20. The maximum atomic E-state index is 12.6. The van der Waals surface area contributed by atoms with Crippen molar-refractivity contribution in [3.8, 4) is 0 Å². The van der Waals surface area contributed by atoms with E-state index in [-0.39, 0.29) is 5.91 Å². The summed E-state index contributed by atoms with van der Waals surface area (Å²) in [7, 11) is 0. The lowest BCUT2D eigenvalue weighted by Gasteiger charge is -2.36. The Balaban J connectivity index is 1.60. The zero-order valence-electron chi connectivity index (χ0n) is 17.3. The monoisotopic (exact) mass is 381 g/mol. The predicted octanol–water partition coefficient (Wildman–Crippen LogP) is 3.37. The molecule has 0 radical (unpaired) electrons. The van der Waals surface area contributed by atoms with Crippen molar-refractivity contribution in [1.82, 2.24) is 14.9 Å². The van der Waals surface area contributed by atoms with Crippen LogP contribution in [0.15, 0.2) is 36.7 Å². The van der Waals surface area contributed by atoms with Gasteiger partial charge in [0.1, 0.15) is 11.5 Å². The number of nitrogens with zero attached hydrogens (tertiary/aromatic N) is 5. The molecule has 150 valence electrons. The second-order valence-electron chi connectivity index (χ2n) is 7.37. The van der Waals surface area contributed by atoms with Crippen molar-refractivity contribution in [2.75, 3.05) is 49.1 Å². The number of carbonyl (C=O) groups excluding carboxylic acids is 1. The largest absolute Gasteiger partial charge is 0.368 e. The first-order chi connectivity index (χ1) is 13.6. The average molecular weight is 382 g/mol. The fourth-order valence-electron chi connectivity index (χ4n) is 3.63. The van der Waals surface area contributed by atoms with Crippen LogP contribution in [0.1, 0.15) is 42.7 Å². The lowest BCUT2D eigenvalue weighted by atomic mass is 10.2. The van der Waals surface area contributed by atoms with Gasteiger partial charge in [0.25, 0.3) is 5.91 Å².